The van der Waals surface area contributed by atoms with Crippen LogP contribution in [0.25, 0.3) is 0 Å². The lowest BCUT2D eigenvalue weighted by Crippen LogP contribution is -2.38. The molecule has 0 bridgehead atoms. The molecular weight excluding hydrogens is 292 g/mol. The first-order chi connectivity index (χ1) is 9.64. The Morgan fingerprint density at radius 3 is 2.70 bits per heavy atom. The molecule has 0 radical (unpaired) electrons. The molecule has 0 spiro atoms. The molecule has 2 aliphatic heterocycles. The molecular formula is C15H26O3S2. The number of hydrogen-bond donors (Lipinski definition) is 0. The van der Waals surface area contributed by atoms with Crippen LogP contribution in [0.1, 0.15) is 46.0 Å². The molecule has 2 heterocycles. The lowest BCUT2D eigenvalue weighted by atomic mass is 10.0. The van der Waals surface area contributed by atoms with Crippen LogP contribution in [-0.4, -0.2) is 40.9 Å². The molecule has 2 aliphatic rings. The number of ether oxygens (including phenoxy) is 2. The Bertz CT molecular complexity index is 310. The number of ketones is 1. The van der Waals surface area contributed by atoms with Crippen LogP contribution in [0, 0.1) is 5.92 Å². The van der Waals surface area contributed by atoms with Crippen molar-refractivity contribution in [3.05, 3.63) is 0 Å². The first kappa shape index (κ1) is 16.7. The number of carbonyl (C=O) groups excluding carboxylic acids is 1. The zero-order chi connectivity index (χ0) is 14.4. The van der Waals surface area contributed by atoms with Gasteiger partial charge in [-0.3, -0.25) is 4.79 Å². The predicted octanol–water partition coefficient (Wildman–Crippen LogP) is 3.71. The topological polar surface area (TPSA) is 35.5 Å². The van der Waals surface area contributed by atoms with Crippen molar-refractivity contribution in [3.63, 3.8) is 0 Å². The molecule has 2 fully saturated rings. The van der Waals surface area contributed by atoms with Crippen molar-refractivity contribution < 1.29 is 14.3 Å². The lowest BCUT2D eigenvalue weighted by molar-refractivity contribution is -0.163. The number of carbonyl (C=O) groups is 1. The Kier molecular flexibility index (Phi) is 6.72. The quantitative estimate of drug-likeness (QED) is 0.746. The van der Waals surface area contributed by atoms with Crippen molar-refractivity contribution in [2.75, 3.05) is 24.7 Å². The third-order valence-corrected chi connectivity index (χ3v) is 7.93. The maximum atomic E-state index is 11.8. The molecule has 0 aromatic rings. The summed E-state index contributed by atoms with van der Waals surface area (Å²) in [7, 11) is 0. The van der Waals surface area contributed by atoms with Gasteiger partial charge < -0.3 is 9.47 Å². The van der Waals surface area contributed by atoms with Crippen molar-refractivity contribution in [1.29, 1.82) is 0 Å². The van der Waals surface area contributed by atoms with Crippen LogP contribution in [0.15, 0.2) is 0 Å². The average Bonchev–Trinajstić information content (AvgIpc) is 2.48. The molecule has 0 aromatic heterocycles. The molecule has 2 atom stereocenters. The van der Waals surface area contributed by atoms with Crippen LogP contribution < -0.4 is 0 Å². The van der Waals surface area contributed by atoms with E-state index in [1.807, 2.05) is 23.5 Å². The Morgan fingerprint density at radius 1 is 1.35 bits per heavy atom. The molecule has 2 saturated heterocycles. The van der Waals surface area contributed by atoms with E-state index in [0.29, 0.717) is 12.4 Å². The summed E-state index contributed by atoms with van der Waals surface area (Å²) in [4.78, 5) is 11.8. The molecule has 0 aromatic carbocycles. The van der Waals surface area contributed by atoms with Crippen molar-refractivity contribution in [2.45, 2.75) is 56.3 Å². The summed E-state index contributed by atoms with van der Waals surface area (Å²) in [5.41, 5.74) is 0. The van der Waals surface area contributed by atoms with E-state index in [-0.39, 0.29) is 16.3 Å². The van der Waals surface area contributed by atoms with E-state index in [1.54, 1.807) is 6.92 Å². The molecule has 0 aliphatic carbocycles. The minimum Gasteiger partial charge on any atom is -0.353 e. The second-order valence-corrected chi connectivity index (χ2v) is 8.72. The van der Waals surface area contributed by atoms with E-state index < -0.39 is 0 Å². The summed E-state index contributed by atoms with van der Waals surface area (Å²) in [6, 6.07) is 0. The Hall–Kier alpha value is 0.290. The smallest absolute Gasteiger partial charge is 0.157 e. The maximum Gasteiger partial charge on any atom is 0.157 e. The zero-order valence-corrected chi connectivity index (χ0v) is 14.2. The van der Waals surface area contributed by atoms with Crippen molar-refractivity contribution in [1.82, 2.24) is 0 Å². The van der Waals surface area contributed by atoms with Gasteiger partial charge in [-0.05, 0) is 50.5 Å². The van der Waals surface area contributed by atoms with Crippen LogP contribution in [0.4, 0.5) is 0 Å². The largest absolute Gasteiger partial charge is 0.353 e. The third kappa shape index (κ3) is 4.39. The van der Waals surface area contributed by atoms with Gasteiger partial charge in [0.05, 0.1) is 10.7 Å². The number of Topliss-reactive ketones (excluding diaryl/α,β-unsaturated/α-hetero) is 1. The molecule has 2 rings (SSSR count). The molecule has 0 amide bonds. The molecule has 20 heavy (non-hydrogen) atoms. The lowest BCUT2D eigenvalue weighted by Gasteiger charge is -2.40. The van der Waals surface area contributed by atoms with E-state index in [0.717, 1.165) is 37.4 Å². The van der Waals surface area contributed by atoms with Gasteiger partial charge >= 0.3 is 0 Å². The van der Waals surface area contributed by atoms with Gasteiger partial charge in [0.1, 0.15) is 5.78 Å². The summed E-state index contributed by atoms with van der Waals surface area (Å²) in [5, 5.41) is 0. The Labute approximate surface area is 130 Å². The summed E-state index contributed by atoms with van der Waals surface area (Å²) in [5.74, 6) is 2.70. The van der Waals surface area contributed by atoms with Crippen LogP contribution in [0.3, 0.4) is 0 Å². The highest BCUT2D eigenvalue weighted by molar-refractivity contribution is 8.18. The van der Waals surface area contributed by atoms with Crippen LogP contribution in [0.5, 0.6) is 0 Å². The fourth-order valence-corrected chi connectivity index (χ4v) is 6.26. The van der Waals surface area contributed by atoms with Gasteiger partial charge in [0.25, 0.3) is 0 Å². The van der Waals surface area contributed by atoms with Crippen molar-refractivity contribution in [3.8, 4) is 0 Å². The SMILES string of the molecule is CC(=O)[C@@H](C)C1(CCOC2CCCCO2)SCCCS1. The molecule has 0 saturated carbocycles. The highest BCUT2D eigenvalue weighted by Crippen LogP contribution is 2.50. The van der Waals surface area contributed by atoms with Gasteiger partial charge in [-0.1, -0.05) is 6.92 Å². The highest BCUT2D eigenvalue weighted by atomic mass is 32.2. The van der Waals surface area contributed by atoms with E-state index in [2.05, 4.69) is 6.92 Å². The second-order valence-electron chi connectivity index (χ2n) is 5.61. The normalized spacial score (nSPS) is 28.0. The first-order valence-corrected chi connectivity index (χ1v) is 9.63. The zero-order valence-electron chi connectivity index (χ0n) is 12.6. The molecule has 0 N–H and O–H groups in total. The summed E-state index contributed by atoms with van der Waals surface area (Å²) in [6.07, 6.45) is 5.51. The number of hydrogen-bond acceptors (Lipinski definition) is 5. The average molecular weight is 319 g/mol. The van der Waals surface area contributed by atoms with Crippen LogP contribution >= 0.6 is 23.5 Å². The van der Waals surface area contributed by atoms with Crippen LogP contribution in [-0.2, 0) is 14.3 Å². The highest BCUT2D eigenvalue weighted by Gasteiger charge is 2.41. The Balaban J connectivity index is 1.85. The number of thioether (sulfide) groups is 2. The number of rotatable bonds is 6. The first-order valence-electron chi connectivity index (χ1n) is 7.65. The van der Waals surface area contributed by atoms with E-state index in [9.17, 15) is 4.79 Å². The summed E-state index contributed by atoms with van der Waals surface area (Å²) < 4.78 is 11.5. The van der Waals surface area contributed by atoms with Gasteiger partial charge in [0, 0.05) is 12.5 Å². The van der Waals surface area contributed by atoms with Crippen molar-refractivity contribution in [2.24, 2.45) is 5.92 Å². The van der Waals surface area contributed by atoms with Crippen molar-refractivity contribution >= 4 is 29.3 Å². The fraction of sp³-hybridized carbons (Fsp3) is 0.933. The summed E-state index contributed by atoms with van der Waals surface area (Å²) in [6.45, 7) is 5.31. The molecule has 5 heteroatoms. The molecule has 1 unspecified atom stereocenters. The van der Waals surface area contributed by atoms with Gasteiger partial charge in [0.15, 0.2) is 6.29 Å². The summed E-state index contributed by atoms with van der Waals surface area (Å²) >= 11 is 3.91. The van der Waals surface area contributed by atoms with Gasteiger partial charge in [-0.2, -0.15) is 0 Å². The molecule has 116 valence electrons. The van der Waals surface area contributed by atoms with Gasteiger partial charge in [-0.15, -0.1) is 23.5 Å². The van der Waals surface area contributed by atoms with E-state index >= 15 is 0 Å². The second kappa shape index (κ2) is 8.06. The monoisotopic (exact) mass is 318 g/mol. The van der Waals surface area contributed by atoms with E-state index in [1.165, 1.54) is 12.8 Å². The van der Waals surface area contributed by atoms with E-state index in [4.69, 9.17) is 9.47 Å². The third-order valence-electron chi connectivity index (χ3n) is 4.14. The minimum atomic E-state index is -0.0213. The minimum absolute atomic E-state index is 0.0126. The van der Waals surface area contributed by atoms with Gasteiger partial charge in [0.2, 0.25) is 0 Å². The standard InChI is InChI=1S/C15H26O3S2/c1-12(13(2)16)15(19-10-5-11-20-15)7-9-18-14-6-3-4-8-17-14/h12,14H,3-11H2,1-2H3/t12-,14?/m1/s1. The maximum absolute atomic E-state index is 11.8. The molecule has 3 nitrogen and oxygen atoms in total. The Morgan fingerprint density at radius 2 is 2.10 bits per heavy atom. The van der Waals surface area contributed by atoms with Crippen LogP contribution in [0.2, 0.25) is 0 Å². The fourth-order valence-electron chi connectivity index (χ4n) is 2.69. The predicted molar refractivity (Wildman–Crippen MR) is 86.3 cm³/mol. The van der Waals surface area contributed by atoms with Gasteiger partial charge in [-0.25, -0.2) is 0 Å².